The molecule has 158 valence electrons. The second kappa shape index (κ2) is 8.98. The number of aliphatic hydroxyl groups excluding tert-OH is 1. The van der Waals surface area contributed by atoms with Gasteiger partial charge in [0.2, 0.25) is 0 Å². The van der Waals surface area contributed by atoms with E-state index in [9.17, 15) is 23.4 Å². The van der Waals surface area contributed by atoms with Gasteiger partial charge in [-0.3, -0.25) is 9.88 Å². The Balaban J connectivity index is 1.42. The molecule has 0 spiro atoms. The first-order chi connectivity index (χ1) is 13.8. The van der Waals surface area contributed by atoms with Crippen LogP contribution in [0.25, 0.3) is 0 Å². The molecule has 6 nitrogen and oxygen atoms in total. The molecule has 3 rings (SSSR count). The first-order valence-corrected chi connectivity index (χ1v) is 9.29. The van der Waals surface area contributed by atoms with Crippen LogP contribution in [0, 0.1) is 0 Å². The normalized spacial score (nSPS) is 18.2. The Labute approximate surface area is 166 Å². The van der Waals surface area contributed by atoms with E-state index in [4.69, 9.17) is 4.74 Å². The number of rotatable bonds is 7. The molecule has 0 amide bonds. The van der Waals surface area contributed by atoms with E-state index in [1.807, 2.05) is 11.0 Å². The van der Waals surface area contributed by atoms with Gasteiger partial charge in [0.25, 0.3) is 0 Å². The topological polar surface area (TPSA) is 75.0 Å². The summed E-state index contributed by atoms with van der Waals surface area (Å²) in [5.41, 5.74) is -0.170. The Morgan fingerprint density at radius 1 is 1.10 bits per heavy atom. The van der Waals surface area contributed by atoms with Crippen molar-refractivity contribution in [1.29, 1.82) is 0 Å². The molecule has 1 aliphatic rings. The maximum absolute atomic E-state index is 12.2. The lowest BCUT2D eigenvalue weighted by atomic mass is 9.85. The lowest BCUT2D eigenvalue weighted by molar-refractivity contribution is -0.274. The largest absolute Gasteiger partial charge is 0.573 e. The van der Waals surface area contributed by atoms with E-state index in [1.165, 1.54) is 24.3 Å². The molecule has 1 aromatic carbocycles. The van der Waals surface area contributed by atoms with Crippen molar-refractivity contribution in [2.75, 3.05) is 19.7 Å². The molecular formula is C20H23F3N2O4. The van der Waals surface area contributed by atoms with Gasteiger partial charge in [-0.05, 0) is 43.2 Å². The van der Waals surface area contributed by atoms with E-state index in [0.29, 0.717) is 38.1 Å². The number of hydrogen-bond donors (Lipinski definition) is 2. The summed E-state index contributed by atoms with van der Waals surface area (Å²) in [7, 11) is 0. The average Bonchev–Trinajstić information content (AvgIpc) is 2.69. The summed E-state index contributed by atoms with van der Waals surface area (Å²) in [5.74, 6) is 0.0654. The number of hydrogen-bond acceptors (Lipinski definition) is 6. The Bertz CT molecular complexity index is 764. The molecule has 0 saturated carbocycles. The quantitative estimate of drug-likeness (QED) is 0.728. The Morgan fingerprint density at radius 3 is 2.34 bits per heavy atom. The number of aromatic nitrogens is 1. The Hall–Kier alpha value is -2.36. The zero-order valence-electron chi connectivity index (χ0n) is 15.7. The lowest BCUT2D eigenvalue weighted by Gasteiger charge is -2.40. The summed E-state index contributed by atoms with van der Waals surface area (Å²) in [4.78, 5) is 5.92. The van der Waals surface area contributed by atoms with Gasteiger partial charge < -0.3 is 19.7 Å². The SMILES string of the molecule is OC(CCOc1ccc(OC(F)(F)F)cc1)N1CCC(O)(c2cccnc2)CC1. The van der Waals surface area contributed by atoms with Crippen molar-refractivity contribution in [2.45, 2.75) is 37.5 Å². The third-order valence-electron chi connectivity index (χ3n) is 4.95. The molecule has 1 atom stereocenters. The number of halogens is 3. The van der Waals surface area contributed by atoms with Crippen molar-refractivity contribution in [2.24, 2.45) is 0 Å². The molecular weight excluding hydrogens is 389 g/mol. The van der Waals surface area contributed by atoms with E-state index in [2.05, 4.69) is 9.72 Å². The number of ether oxygens (including phenoxy) is 2. The number of piperidine rings is 1. The molecule has 2 heterocycles. The highest BCUT2D eigenvalue weighted by Gasteiger charge is 2.35. The van der Waals surface area contributed by atoms with Gasteiger partial charge in [0.1, 0.15) is 17.7 Å². The van der Waals surface area contributed by atoms with E-state index in [1.54, 1.807) is 18.5 Å². The van der Waals surface area contributed by atoms with Crippen LogP contribution in [-0.2, 0) is 5.60 Å². The first kappa shape index (κ1) is 21.4. The van der Waals surface area contributed by atoms with E-state index in [0.717, 1.165) is 5.56 Å². The van der Waals surface area contributed by atoms with Crippen LogP contribution < -0.4 is 9.47 Å². The second-order valence-electron chi connectivity index (χ2n) is 6.95. The van der Waals surface area contributed by atoms with Crippen LogP contribution in [0.15, 0.2) is 48.8 Å². The Kier molecular flexibility index (Phi) is 6.61. The number of alkyl halides is 3. The third kappa shape index (κ3) is 6.06. The summed E-state index contributed by atoms with van der Waals surface area (Å²) in [5, 5.41) is 21.2. The molecule has 2 aromatic rings. The predicted molar refractivity (Wildman–Crippen MR) is 98.2 cm³/mol. The van der Waals surface area contributed by atoms with E-state index >= 15 is 0 Å². The summed E-state index contributed by atoms with van der Waals surface area (Å²) >= 11 is 0. The molecule has 1 aromatic heterocycles. The average molecular weight is 412 g/mol. The van der Waals surface area contributed by atoms with Crippen LogP contribution in [0.1, 0.15) is 24.8 Å². The van der Waals surface area contributed by atoms with Gasteiger partial charge in [0.15, 0.2) is 0 Å². The van der Waals surface area contributed by atoms with Gasteiger partial charge in [-0.1, -0.05) is 6.07 Å². The molecule has 0 bridgehead atoms. The Morgan fingerprint density at radius 2 is 1.76 bits per heavy atom. The van der Waals surface area contributed by atoms with Crippen molar-refractivity contribution in [3.8, 4) is 11.5 Å². The van der Waals surface area contributed by atoms with Gasteiger partial charge in [-0.25, -0.2) is 0 Å². The monoisotopic (exact) mass is 412 g/mol. The minimum atomic E-state index is -4.73. The lowest BCUT2D eigenvalue weighted by Crippen LogP contribution is -2.47. The summed E-state index contributed by atoms with van der Waals surface area (Å²) < 4.78 is 45.7. The fourth-order valence-corrected chi connectivity index (χ4v) is 3.32. The smallest absolute Gasteiger partial charge is 0.493 e. The van der Waals surface area contributed by atoms with Crippen LogP contribution >= 0.6 is 0 Å². The van der Waals surface area contributed by atoms with Crippen LogP contribution in [-0.4, -0.2) is 52.4 Å². The van der Waals surface area contributed by atoms with Crippen molar-refractivity contribution in [3.05, 3.63) is 54.4 Å². The molecule has 1 fully saturated rings. The van der Waals surface area contributed by atoms with Crippen LogP contribution in [0.2, 0.25) is 0 Å². The highest BCUT2D eigenvalue weighted by Crippen LogP contribution is 2.33. The number of likely N-dealkylation sites (tertiary alicyclic amines) is 1. The van der Waals surface area contributed by atoms with Crippen molar-refractivity contribution < 1.29 is 32.9 Å². The minimum absolute atomic E-state index is 0.198. The fraction of sp³-hybridized carbons (Fsp3) is 0.450. The van der Waals surface area contributed by atoms with Crippen LogP contribution in [0.3, 0.4) is 0 Å². The van der Waals surface area contributed by atoms with Gasteiger partial charge in [0, 0.05) is 37.5 Å². The van der Waals surface area contributed by atoms with Gasteiger partial charge in [0.05, 0.1) is 12.2 Å². The van der Waals surface area contributed by atoms with Gasteiger partial charge in [-0.15, -0.1) is 13.2 Å². The van der Waals surface area contributed by atoms with Crippen molar-refractivity contribution in [3.63, 3.8) is 0 Å². The van der Waals surface area contributed by atoms with Crippen molar-refractivity contribution >= 4 is 0 Å². The fourth-order valence-electron chi connectivity index (χ4n) is 3.32. The van der Waals surface area contributed by atoms with Gasteiger partial charge >= 0.3 is 6.36 Å². The molecule has 0 aliphatic carbocycles. The number of benzene rings is 1. The highest BCUT2D eigenvalue weighted by molar-refractivity contribution is 5.31. The maximum atomic E-state index is 12.2. The van der Waals surface area contributed by atoms with Crippen LogP contribution in [0.5, 0.6) is 11.5 Å². The third-order valence-corrected chi connectivity index (χ3v) is 4.95. The molecule has 29 heavy (non-hydrogen) atoms. The van der Waals surface area contributed by atoms with Crippen LogP contribution in [0.4, 0.5) is 13.2 Å². The standard InChI is InChI=1S/C20H23F3N2O4/c21-20(22,23)29-17-5-3-16(4-6-17)28-13-7-18(26)25-11-8-19(27,9-12-25)15-2-1-10-24-14-15/h1-6,10,14,18,26-27H,7-9,11-13H2. The minimum Gasteiger partial charge on any atom is -0.493 e. The predicted octanol–water partition coefficient (Wildman–Crippen LogP) is 3.05. The molecule has 1 saturated heterocycles. The zero-order valence-corrected chi connectivity index (χ0v) is 15.7. The zero-order chi connectivity index (χ0) is 20.9. The maximum Gasteiger partial charge on any atom is 0.573 e. The summed E-state index contributed by atoms with van der Waals surface area (Å²) in [6.07, 6.45) is -0.862. The first-order valence-electron chi connectivity index (χ1n) is 9.29. The molecule has 2 N–H and O–H groups in total. The highest BCUT2D eigenvalue weighted by atomic mass is 19.4. The molecule has 1 aliphatic heterocycles. The molecule has 9 heteroatoms. The summed E-state index contributed by atoms with van der Waals surface area (Å²) in [6.45, 7) is 1.25. The van der Waals surface area contributed by atoms with Gasteiger partial charge in [-0.2, -0.15) is 0 Å². The number of nitrogens with zero attached hydrogens (tertiary/aromatic N) is 2. The van der Waals surface area contributed by atoms with E-state index < -0.39 is 18.2 Å². The summed E-state index contributed by atoms with van der Waals surface area (Å²) in [6, 6.07) is 8.72. The van der Waals surface area contributed by atoms with E-state index in [-0.39, 0.29) is 12.4 Å². The number of pyridine rings is 1. The van der Waals surface area contributed by atoms with Crippen molar-refractivity contribution in [1.82, 2.24) is 9.88 Å². The number of aliphatic hydroxyl groups is 2. The molecule has 0 radical (unpaired) electrons. The second-order valence-corrected chi connectivity index (χ2v) is 6.95. The molecule has 1 unspecified atom stereocenters.